The van der Waals surface area contributed by atoms with Crippen LogP contribution in [0.2, 0.25) is 0 Å². The van der Waals surface area contributed by atoms with Crippen molar-refractivity contribution in [2.45, 2.75) is 40.2 Å². The van der Waals surface area contributed by atoms with Gasteiger partial charge in [0.25, 0.3) is 0 Å². The molecule has 0 unspecified atom stereocenters. The zero-order valence-corrected chi connectivity index (χ0v) is 13.1. The minimum absolute atomic E-state index is 0.0217. The van der Waals surface area contributed by atoms with E-state index in [1.807, 2.05) is 27.7 Å². The highest BCUT2D eigenvalue weighted by Gasteiger charge is 2.18. The summed E-state index contributed by atoms with van der Waals surface area (Å²) in [5.41, 5.74) is 5.28. The summed E-state index contributed by atoms with van der Waals surface area (Å²) in [6.45, 7) is 9.01. The van der Waals surface area contributed by atoms with Gasteiger partial charge in [-0.15, -0.1) is 0 Å². The van der Waals surface area contributed by atoms with Crippen LogP contribution in [0.4, 0.5) is 11.9 Å². The average molecular weight is 296 g/mol. The molecule has 0 bridgehead atoms. The molecule has 3 N–H and O–H groups in total. The quantitative estimate of drug-likeness (QED) is 0.694. The molecule has 0 fully saturated rings. The summed E-state index contributed by atoms with van der Waals surface area (Å²) in [5, 5.41) is 3.10. The second kappa shape index (κ2) is 8.23. The van der Waals surface area contributed by atoms with Gasteiger partial charge in [0.2, 0.25) is 17.8 Å². The van der Waals surface area contributed by atoms with Gasteiger partial charge in [-0.2, -0.15) is 15.0 Å². The van der Waals surface area contributed by atoms with E-state index >= 15 is 0 Å². The highest BCUT2D eigenvalue weighted by molar-refractivity contribution is 5.79. The third-order valence-corrected chi connectivity index (χ3v) is 2.62. The summed E-state index contributed by atoms with van der Waals surface area (Å²) in [4.78, 5) is 25.7. The fourth-order valence-corrected chi connectivity index (χ4v) is 1.64. The molecule has 0 saturated carbocycles. The van der Waals surface area contributed by atoms with E-state index in [-0.39, 0.29) is 18.6 Å². The zero-order valence-electron chi connectivity index (χ0n) is 13.1. The normalized spacial score (nSPS) is 10.5. The van der Waals surface area contributed by atoms with Crippen molar-refractivity contribution in [1.29, 1.82) is 0 Å². The number of nitrogens with two attached hydrogens (primary N) is 1. The summed E-state index contributed by atoms with van der Waals surface area (Å²) in [6, 6.07) is 0.254. The van der Waals surface area contributed by atoms with Gasteiger partial charge in [-0.25, -0.2) is 0 Å². The molecule has 0 aliphatic rings. The monoisotopic (exact) mass is 296 g/mol. The largest absolute Gasteiger partial charge is 0.464 e. The Kier molecular flexibility index (Phi) is 6.64. The minimum Gasteiger partial charge on any atom is -0.464 e. The van der Waals surface area contributed by atoms with Crippen LogP contribution >= 0.6 is 0 Å². The van der Waals surface area contributed by atoms with Gasteiger partial charge in [-0.05, 0) is 27.2 Å². The highest BCUT2D eigenvalue weighted by atomic mass is 16.5. The minimum atomic E-state index is -0.440. The third-order valence-electron chi connectivity index (χ3n) is 2.62. The Morgan fingerprint density at radius 2 is 2.05 bits per heavy atom. The smallest absolute Gasteiger partial charge is 0.323 e. The summed E-state index contributed by atoms with van der Waals surface area (Å²) in [5.74, 6) is 0.367. The molecule has 21 heavy (non-hydrogen) atoms. The topological polar surface area (TPSA) is 106 Å². The van der Waals surface area contributed by atoms with Crippen LogP contribution < -0.4 is 20.7 Å². The Bertz CT molecular complexity index is 466. The highest BCUT2D eigenvalue weighted by Crippen LogP contribution is 2.17. The number of nitrogens with one attached hydrogen (secondary N) is 1. The van der Waals surface area contributed by atoms with Crippen molar-refractivity contribution in [3.63, 3.8) is 0 Å². The van der Waals surface area contributed by atoms with Gasteiger partial charge in [-0.3, -0.25) is 4.79 Å². The molecule has 8 nitrogen and oxygen atoms in total. The molecule has 0 aliphatic carbocycles. The van der Waals surface area contributed by atoms with E-state index in [1.54, 1.807) is 4.90 Å². The number of primary amides is 1. The number of amides is 1. The lowest BCUT2D eigenvalue weighted by molar-refractivity contribution is -0.116. The number of nitrogens with zero attached hydrogens (tertiary/aromatic N) is 4. The maximum Gasteiger partial charge on any atom is 0.323 e. The molecule has 0 spiro atoms. The van der Waals surface area contributed by atoms with Gasteiger partial charge >= 0.3 is 6.01 Å². The van der Waals surface area contributed by atoms with Crippen LogP contribution in [0.25, 0.3) is 0 Å². The summed E-state index contributed by atoms with van der Waals surface area (Å²) < 4.78 is 5.36. The van der Waals surface area contributed by atoms with Gasteiger partial charge in [0.1, 0.15) is 0 Å². The van der Waals surface area contributed by atoms with E-state index in [2.05, 4.69) is 20.3 Å². The lowest BCUT2D eigenvalue weighted by Crippen LogP contribution is -2.39. The van der Waals surface area contributed by atoms with E-state index < -0.39 is 5.91 Å². The molecular formula is C13H24N6O2. The number of ether oxygens (including phenoxy) is 1. The predicted octanol–water partition coefficient (Wildman–Crippen LogP) is 0.792. The van der Waals surface area contributed by atoms with Crippen molar-refractivity contribution in [3.8, 4) is 6.01 Å². The molecule has 1 amide bonds. The van der Waals surface area contributed by atoms with Crippen molar-refractivity contribution in [1.82, 2.24) is 15.0 Å². The molecule has 0 aliphatic heterocycles. The van der Waals surface area contributed by atoms with Crippen LogP contribution in [0.3, 0.4) is 0 Å². The van der Waals surface area contributed by atoms with E-state index in [9.17, 15) is 4.79 Å². The van der Waals surface area contributed by atoms with Gasteiger partial charge in [-0.1, -0.05) is 6.92 Å². The maximum absolute atomic E-state index is 11.2. The van der Waals surface area contributed by atoms with Crippen molar-refractivity contribution >= 4 is 17.8 Å². The first-order valence-corrected chi connectivity index (χ1v) is 7.15. The molecule has 1 rings (SSSR count). The Balaban J connectivity index is 3.11. The van der Waals surface area contributed by atoms with Crippen molar-refractivity contribution in [2.24, 2.45) is 5.73 Å². The standard InChI is InChI=1S/C13H24N6O2/c1-5-7-15-11-16-12(18-13(17-11)21-6-2)19(9(3)4)8-10(14)20/h9H,5-8H2,1-4H3,(H2,14,20)(H,15,16,17,18). The van der Waals surface area contributed by atoms with Crippen molar-refractivity contribution in [3.05, 3.63) is 0 Å². The second-order valence-corrected chi connectivity index (χ2v) is 4.79. The van der Waals surface area contributed by atoms with Crippen LogP contribution in [0.5, 0.6) is 6.01 Å². The number of anilines is 2. The molecule has 118 valence electrons. The van der Waals surface area contributed by atoms with E-state index in [4.69, 9.17) is 10.5 Å². The van der Waals surface area contributed by atoms with E-state index in [0.29, 0.717) is 18.5 Å². The molecule has 8 heteroatoms. The van der Waals surface area contributed by atoms with Gasteiger partial charge in [0.05, 0.1) is 13.2 Å². The fraction of sp³-hybridized carbons (Fsp3) is 0.692. The zero-order chi connectivity index (χ0) is 15.8. The number of carbonyl (C=O) groups excluding carboxylic acids is 1. The summed E-state index contributed by atoms with van der Waals surface area (Å²) >= 11 is 0. The van der Waals surface area contributed by atoms with Gasteiger partial charge in [0.15, 0.2) is 0 Å². The van der Waals surface area contributed by atoms with Gasteiger partial charge < -0.3 is 20.7 Å². The van der Waals surface area contributed by atoms with Crippen molar-refractivity contribution < 1.29 is 9.53 Å². The number of carbonyl (C=O) groups is 1. The first kappa shape index (κ1) is 16.9. The molecule has 0 atom stereocenters. The molecule has 0 saturated heterocycles. The fourth-order valence-electron chi connectivity index (χ4n) is 1.64. The molecule has 1 aromatic rings. The van der Waals surface area contributed by atoms with Crippen LogP contribution in [0.15, 0.2) is 0 Å². The van der Waals surface area contributed by atoms with Crippen molar-refractivity contribution in [2.75, 3.05) is 29.9 Å². The Morgan fingerprint density at radius 1 is 1.33 bits per heavy atom. The Hall–Kier alpha value is -2.12. The number of aromatic nitrogens is 3. The lowest BCUT2D eigenvalue weighted by Gasteiger charge is -2.25. The Labute approximate surface area is 125 Å². The summed E-state index contributed by atoms with van der Waals surface area (Å²) in [6.07, 6.45) is 0.945. The molecular weight excluding hydrogens is 272 g/mol. The molecule has 0 radical (unpaired) electrons. The lowest BCUT2D eigenvalue weighted by atomic mass is 10.3. The molecule has 0 aromatic carbocycles. The predicted molar refractivity (Wildman–Crippen MR) is 81.5 cm³/mol. The van der Waals surface area contributed by atoms with E-state index in [0.717, 1.165) is 13.0 Å². The SMILES string of the molecule is CCCNc1nc(OCC)nc(N(CC(N)=O)C(C)C)n1. The molecule has 1 heterocycles. The second-order valence-electron chi connectivity index (χ2n) is 4.79. The van der Waals surface area contributed by atoms with Crippen LogP contribution in [-0.2, 0) is 4.79 Å². The maximum atomic E-state index is 11.2. The third kappa shape index (κ3) is 5.41. The average Bonchev–Trinajstić information content (AvgIpc) is 2.42. The molecule has 1 aromatic heterocycles. The first-order valence-electron chi connectivity index (χ1n) is 7.15. The first-order chi connectivity index (χ1) is 9.97. The number of rotatable bonds is 9. The van der Waals surface area contributed by atoms with Crippen LogP contribution in [0.1, 0.15) is 34.1 Å². The summed E-state index contributed by atoms with van der Waals surface area (Å²) in [7, 11) is 0. The van der Waals surface area contributed by atoms with Crippen LogP contribution in [-0.4, -0.2) is 46.6 Å². The number of hydrogen-bond donors (Lipinski definition) is 2. The Morgan fingerprint density at radius 3 is 2.57 bits per heavy atom. The van der Waals surface area contributed by atoms with Gasteiger partial charge in [0, 0.05) is 12.6 Å². The number of hydrogen-bond acceptors (Lipinski definition) is 7. The van der Waals surface area contributed by atoms with Crippen LogP contribution in [0, 0.1) is 0 Å². The van der Waals surface area contributed by atoms with E-state index in [1.165, 1.54) is 0 Å².